The maximum atomic E-state index is 12.8. The first-order valence-electron chi connectivity index (χ1n) is 23.8. The number of carbonyl (C=O) groups excluding carboxylic acids is 3. The Morgan fingerprint density at radius 3 is 0.984 bits per heavy atom. The van der Waals surface area contributed by atoms with Crippen molar-refractivity contribution in [1.29, 1.82) is 0 Å². The van der Waals surface area contributed by atoms with E-state index in [1.165, 1.54) is 38.5 Å². The molecule has 0 heterocycles. The lowest BCUT2D eigenvalue weighted by atomic mass is 10.1. The molecule has 340 valence electrons. The van der Waals surface area contributed by atoms with Gasteiger partial charge in [-0.15, -0.1) is 0 Å². The number of esters is 3. The van der Waals surface area contributed by atoms with Gasteiger partial charge in [0.2, 0.25) is 0 Å². The van der Waals surface area contributed by atoms with Crippen LogP contribution in [0.15, 0.2) is 134 Å². The molecule has 6 nitrogen and oxygen atoms in total. The Labute approximate surface area is 373 Å². The largest absolute Gasteiger partial charge is 0.462 e. The summed E-state index contributed by atoms with van der Waals surface area (Å²) in [6.07, 6.45) is 67.2. The van der Waals surface area contributed by atoms with Gasteiger partial charge in [-0.1, -0.05) is 219 Å². The molecule has 0 amide bonds. The van der Waals surface area contributed by atoms with E-state index in [4.69, 9.17) is 14.2 Å². The van der Waals surface area contributed by atoms with Crippen LogP contribution in [-0.4, -0.2) is 37.2 Å². The van der Waals surface area contributed by atoms with Crippen molar-refractivity contribution < 1.29 is 28.6 Å². The maximum absolute atomic E-state index is 12.8. The zero-order valence-electron chi connectivity index (χ0n) is 38.6. The number of hydrogen-bond donors (Lipinski definition) is 0. The predicted octanol–water partition coefficient (Wildman–Crippen LogP) is 15.5. The Bertz CT molecular complexity index is 1380. The van der Waals surface area contributed by atoms with E-state index < -0.39 is 6.10 Å². The molecule has 0 aliphatic rings. The van der Waals surface area contributed by atoms with E-state index in [2.05, 4.69) is 99.8 Å². The molecule has 1 unspecified atom stereocenters. The van der Waals surface area contributed by atoms with Crippen molar-refractivity contribution in [2.75, 3.05) is 13.2 Å². The molecular weight excluding hydrogens is 757 g/mol. The highest BCUT2D eigenvalue weighted by molar-refractivity contribution is 5.71. The normalized spacial score (nSPS) is 13.3. The average molecular weight is 841 g/mol. The van der Waals surface area contributed by atoms with Crippen LogP contribution in [0.5, 0.6) is 0 Å². The third kappa shape index (κ3) is 46.5. The highest BCUT2D eigenvalue weighted by atomic mass is 16.6. The van der Waals surface area contributed by atoms with Crippen LogP contribution in [0.25, 0.3) is 0 Å². The third-order valence-electron chi connectivity index (χ3n) is 9.38. The van der Waals surface area contributed by atoms with Crippen LogP contribution in [0.4, 0.5) is 0 Å². The van der Waals surface area contributed by atoms with Crippen molar-refractivity contribution in [3.05, 3.63) is 134 Å². The van der Waals surface area contributed by atoms with Gasteiger partial charge in [-0.3, -0.25) is 14.4 Å². The van der Waals surface area contributed by atoms with Crippen molar-refractivity contribution in [2.45, 2.75) is 181 Å². The fourth-order valence-electron chi connectivity index (χ4n) is 5.88. The maximum Gasteiger partial charge on any atom is 0.306 e. The molecule has 0 aliphatic heterocycles. The molecule has 0 fully saturated rings. The minimum Gasteiger partial charge on any atom is -0.462 e. The van der Waals surface area contributed by atoms with Crippen molar-refractivity contribution in [1.82, 2.24) is 0 Å². The molecule has 0 saturated heterocycles. The van der Waals surface area contributed by atoms with Crippen LogP contribution in [0.1, 0.15) is 175 Å². The summed E-state index contributed by atoms with van der Waals surface area (Å²) in [6, 6.07) is 0. The standard InChI is InChI=1S/C55H84O6/c1-4-7-10-13-16-19-22-25-27-30-33-36-39-42-45-48-54(57)60-51-52(50-59-53(56)47-44-41-38-35-32-29-24-21-18-15-12-9-6-3)61-55(58)49-46-43-40-37-34-31-28-26-23-20-17-14-11-8-5-2/h7-24,29,32,35,38,52H,4-6,25-28,30-31,33-34,36-37,39-51H2,1-3H3/b10-7+,11-8+,12-9+,16-13+,17-14+,18-15+,22-19+,23-20+,24-21+,32-29+,38-35+. The molecule has 0 rings (SSSR count). The van der Waals surface area contributed by atoms with E-state index in [1.807, 2.05) is 54.7 Å². The SMILES string of the molecule is CC/C=C/C=C/C=C/C=C/C=C/CCCC(=O)OCC(COC(=O)CCCCCCCCC/C=C/C=C/C=C/CC)OC(=O)CCCCCCCCC/C=C/C=C/C=C/CC. The molecule has 0 aromatic carbocycles. The summed E-state index contributed by atoms with van der Waals surface area (Å²) in [5, 5.41) is 0. The van der Waals surface area contributed by atoms with E-state index >= 15 is 0 Å². The van der Waals surface area contributed by atoms with Crippen molar-refractivity contribution in [3.63, 3.8) is 0 Å². The number of ether oxygens (including phenoxy) is 3. The van der Waals surface area contributed by atoms with Gasteiger partial charge in [0, 0.05) is 19.3 Å². The minimum atomic E-state index is -0.822. The van der Waals surface area contributed by atoms with E-state index in [1.54, 1.807) is 0 Å². The molecule has 0 radical (unpaired) electrons. The number of unbranched alkanes of at least 4 members (excludes halogenated alkanes) is 15. The number of allylic oxidation sites excluding steroid dienone is 22. The lowest BCUT2D eigenvalue weighted by Gasteiger charge is -2.18. The van der Waals surface area contributed by atoms with E-state index in [9.17, 15) is 14.4 Å². The first-order valence-corrected chi connectivity index (χ1v) is 23.8. The van der Waals surface area contributed by atoms with Gasteiger partial charge in [0.05, 0.1) is 0 Å². The summed E-state index contributed by atoms with van der Waals surface area (Å²) in [5.74, 6) is -1.03. The molecule has 0 bridgehead atoms. The van der Waals surface area contributed by atoms with Crippen molar-refractivity contribution in [2.24, 2.45) is 0 Å². The molecule has 0 aromatic heterocycles. The fraction of sp³-hybridized carbons (Fsp3) is 0.545. The fourth-order valence-corrected chi connectivity index (χ4v) is 5.88. The Kier molecular flexibility index (Phi) is 44.7. The number of carbonyl (C=O) groups is 3. The number of hydrogen-bond acceptors (Lipinski definition) is 6. The molecule has 6 heteroatoms. The predicted molar refractivity (Wildman–Crippen MR) is 260 cm³/mol. The average Bonchev–Trinajstić information content (AvgIpc) is 3.26. The monoisotopic (exact) mass is 841 g/mol. The van der Waals surface area contributed by atoms with Gasteiger partial charge in [-0.25, -0.2) is 0 Å². The van der Waals surface area contributed by atoms with Crippen LogP contribution in [0.2, 0.25) is 0 Å². The summed E-state index contributed by atoms with van der Waals surface area (Å²) in [6.45, 7) is 6.12. The zero-order chi connectivity index (χ0) is 44.4. The van der Waals surface area contributed by atoms with Crippen LogP contribution in [-0.2, 0) is 28.6 Å². The third-order valence-corrected chi connectivity index (χ3v) is 9.38. The summed E-state index contributed by atoms with van der Waals surface area (Å²) in [7, 11) is 0. The molecule has 0 aromatic rings. The van der Waals surface area contributed by atoms with Crippen LogP contribution in [0.3, 0.4) is 0 Å². The van der Waals surface area contributed by atoms with Crippen molar-refractivity contribution >= 4 is 17.9 Å². The Hall–Kier alpha value is -4.45. The second-order valence-electron chi connectivity index (χ2n) is 15.1. The quantitative estimate of drug-likeness (QED) is 0.0265. The molecule has 0 spiro atoms. The van der Waals surface area contributed by atoms with Gasteiger partial charge in [-0.2, -0.15) is 0 Å². The molecular formula is C55H84O6. The number of rotatable bonds is 40. The topological polar surface area (TPSA) is 78.9 Å². The summed E-state index contributed by atoms with van der Waals surface area (Å²) in [5.41, 5.74) is 0. The first-order chi connectivity index (χ1) is 30.0. The first kappa shape index (κ1) is 56.5. The highest BCUT2D eigenvalue weighted by Crippen LogP contribution is 2.13. The lowest BCUT2D eigenvalue weighted by molar-refractivity contribution is -0.167. The van der Waals surface area contributed by atoms with Crippen LogP contribution in [0, 0.1) is 0 Å². The highest BCUT2D eigenvalue weighted by Gasteiger charge is 2.19. The summed E-state index contributed by atoms with van der Waals surface area (Å²) < 4.78 is 16.7. The van der Waals surface area contributed by atoms with Gasteiger partial charge in [-0.05, 0) is 70.6 Å². The summed E-state index contributed by atoms with van der Waals surface area (Å²) >= 11 is 0. The second-order valence-corrected chi connectivity index (χ2v) is 15.1. The lowest BCUT2D eigenvalue weighted by Crippen LogP contribution is -2.30. The zero-order valence-corrected chi connectivity index (χ0v) is 38.6. The van der Waals surface area contributed by atoms with Gasteiger partial charge < -0.3 is 14.2 Å². The van der Waals surface area contributed by atoms with E-state index in [0.717, 1.165) is 89.9 Å². The summed E-state index contributed by atoms with van der Waals surface area (Å²) in [4.78, 5) is 37.9. The van der Waals surface area contributed by atoms with Crippen molar-refractivity contribution in [3.8, 4) is 0 Å². The Morgan fingerprint density at radius 1 is 0.328 bits per heavy atom. The Morgan fingerprint density at radius 2 is 0.607 bits per heavy atom. The molecule has 61 heavy (non-hydrogen) atoms. The molecule has 0 N–H and O–H groups in total. The van der Waals surface area contributed by atoms with Gasteiger partial charge >= 0.3 is 17.9 Å². The van der Waals surface area contributed by atoms with Gasteiger partial charge in [0.1, 0.15) is 13.2 Å². The van der Waals surface area contributed by atoms with E-state index in [-0.39, 0.29) is 37.5 Å². The Balaban J connectivity index is 4.55. The van der Waals surface area contributed by atoms with Gasteiger partial charge in [0.25, 0.3) is 0 Å². The molecule has 1 atom stereocenters. The molecule has 0 saturated carbocycles. The van der Waals surface area contributed by atoms with E-state index in [0.29, 0.717) is 19.3 Å². The minimum absolute atomic E-state index is 0.117. The van der Waals surface area contributed by atoms with Crippen LogP contribution < -0.4 is 0 Å². The molecule has 0 aliphatic carbocycles. The second kappa shape index (κ2) is 48.2. The van der Waals surface area contributed by atoms with Gasteiger partial charge in [0.15, 0.2) is 6.10 Å². The van der Waals surface area contributed by atoms with Crippen LogP contribution >= 0.6 is 0 Å². The smallest absolute Gasteiger partial charge is 0.306 e.